The third kappa shape index (κ3) is 3.78. The molecule has 6 nitrogen and oxygen atoms in total. The van der Waals surface area contributed by atoms with Gasteiger partial charge in [-0.1, -0.05) is 25.0 Å². The largest absolute Gasteiger partial charge is 0.324 e. The predicted molar refractivity (Wildman–Crippen MR) is 103 cm³/mol. The number of rotatable bonds is 6. The van der Waals surface area contributed by atoms with Gasteiger partial charge in [-0.25, -0.2) is 9.67 Å². The van der Waals surface area contributed by atoms with E-state index < -0.39 is 0 Å². The number of quaternary nitrogens is 1. The average molecular weight is 371 g/mol. The first-order valence-corrected chi connectivity index (χ1v) is 10.00. The van der Waals surface area contributed by atoms with Gasteiger partial charge in [-0.3, -0.25) is 4.79 Å². The molecule has 1 unspecified atom stereocenters. The molecule has 1 fully saturated rings. The van der Waals surface area contributed by atoms with E-state index >= 15 is 0 Å². The summed E-state index contributed by atoms with van der Waals surface area (Å²) in [5, 5.41) is 8.51. The minimum Gasteiger partial charge on any atom is -0.324 e. The van der Waals surface area contributed by atoms with E-state index in [1.165, 1.54) is 17.5 Å². The fourth-order valence-corrected chi connectivity index (χ4v) is 4.71. The summed E-state index contributed by atoms with van der Waals surface area (Å²) < 4.78 is 3.17. The molecular weight excluding hydrogens is 346 g/mol. The lowest BCUT2D eigenvalue weighted by molar-refractivity contribution is -0.885. The van der Waals surface area contributed by atoms with Crippen molar-refractivity contribution in [2.45, 2.75) is 38.3 Å². The third-order valence-electron chi connectivity index (χ3n) is 4.86. The second-order valence-corrected chi connectivity index (χ2v) is 8.15. The summed E-state index contributed by atoms with van der Waals surface area (Å²) in [6, 6.07) is 10.5. The van der Waals surface area contributed by atoms with Crippen LogP contribution in [0, 0.1) is 0 Å². The Balaban J connectivity index is 1.35. The molecule has 26 heavy (non-hydrogen) atoms. The summed E-state index contributed by atoms with van der Waals surface area (Å²) >= 11 is 1.70. The molecule has 4 rings (SSSR count). The molecule has 2 N–H and O–H groups in total. The van der Waals surface area contributed by atoms with Gasteiger partial charge in [0.2, 0.25) is 0 Å². The molecule has 1 aliphatic carbocycles. The number of benzene rings is 1. The first-order valence-electron chi connectivity index (χ1n) is 9.18. The van der Waals surface area contributed by atoms with E-state index in [0.29, 0.717) is 12.6 Å². The van der Waals surface area contributed by atoms with Crippen molar-refractivity contribution in [1.29, 1.82) is 0 Å². The second kappa shape index (κ2) is 7.55. The van der Waals surface area contributed by atoms with Crippen LogP contribution in [0.15, 0.2) is 36.5 Å². The zero-order valence-corrected chi connectivity index (χ0v) is 15.8. The number of nitrogens with one attached hydrogen (secondary N) is 2. The SMILES string of the molecule is C[NH+](CC(=O)Nc1ccnn1C1CCCC1)Cc1nc2ccccc2s1. The van der Waals surface area contributed by atoms with E-state index in [0.717, 1.165) is 40.6 Å². The minimum absolute atomic E-state index is 0.0170. The van der Waals surface area contributed by atoms with Crippen LogP contribution in [-0.4, -0.2) is 34.3 Å². The number of anilines is 1. The Kier molecular flexibility index (Phi) is 4.99. The number of nitrogens with zero attached hydrogens (tertiary/aromatic N) is 3. The number of amides is 1. The van der Waals surface area contributed by atoms with Gasteiger partial charge in [0, 0.05) is 6.07 Å². The zero-order chi connectivity index (χ0) is 17.9. The standard InChI is InChI=1S/C19H23N5OS/c1-23(13-19-21-15-8-4-5-9-16(15)26-19)12-18(25)22-17-10-11-20-24(17)14-6-2-3-7-14/h4-5,8-11,14H,2-3,6-7,12-13H2,1H3,(H,22,25)/p+1. The van der Waals surface area contributed by atoms with E-state index in [-0.39, 0.29) is 5.91 Å². The van der Waals surface area contributed by atoms with Gasteiger partial charge in [0.05, 0.1) is 29.5 Å². The fraction of sp³-hybridized carbons (Fsp3) is 0.421. The lowest BCUT2D eigenvalue weighted by Gasteiger charge is -2.16. The van der Waals surface area contributed by atoms with Gasteiger partial charge in [0.25, 0.3) is 5.91 Å². The molecule has 0 aliphatic heterocycles. The second-order valence-electron chi connectivity index (χ2n) is 7.03. The maximum atomic E-state index is 12.5. The summed E-state index contributed by atoms with van der Waals surface area (Å²) in [5.41, 5.74) is 1.03. The number of likely N-dealkylation sites (N-methyl/N-ethyl adjacent to an activating group) is 1. The Hall–Kier alpha value is -2.25. The van der Waals surface area contributed by atoms with Gasteiger partial charge in [-0.15, -0.1) is 11.3 Å². The molecule has 2 heterocycles. The van der Waals surface area contributed by atoms with Crippen molar-refractivity contribution in [2.75, 3.05) is 18.9 Å². The molecule has 1 aromatic carbocycles. The molecule has 0 radical (unpaired) electrons. The Bertz CT molecular complexity index is 863. The van der Waals surface area contributed by atoms with Crippen molar-refractivity contribution in [3.63, 3.8) is 0 Å². The molecule has 7 heteroatoms. The quantitative estimate of drug-likeness (QED) is 0.700. The van der Waals surface area contributed by atoms with Crippen LogP contribution in [0.25, 0.3) is 10.2 Å². The minimum atomic E-state index is 0.0170. The molecule has 0 spiro atoms. The number of hydrogen-bond donors (Lipinski definition) is 2. The number of fused-ring (bicyclic) bond motifs is 1. The van der Waals surface area contributed by atoms with Crippen molar-refractivity contribution in [3.8, 4) is 0 Å². The summed E-state index contributed by atoms with van der Waals surface area (Å²) in [6.45, 7) is 1.15. The molecule has 1 amide bonds. The molecule has 2 aromatic heterocycles. The van der Waals surface area contributed by atoms with Crippen molar-refractivity contribution < 1.29 is 9.69 Å². The number of carbonyl (C=O) groups excluding carboxylic acids is 1. The van der Waals surface area contributed by atoms with Gasteiger partial charge >= 0.3 is 0 Å². The number of thiazole rings is 1. The van der Waals surface area contributed by atoms with Gasteiger partial charge in [-0.05, 0) is 25.0 Å². The number of carbonyl (C=O) groups is 1. The molecule has 1 atom stereocenters. The predicted octanol–water partition coefficient (Wildman–Crippen LogP) is 2.26. The van der Waals surface area contributed by atoms with Gasteiger partial charge in [0.15, 0.2) is 6.54 Å². The van der Waals surface area contributed by atoms with Crippen molar-refractivity contribution in [2.24, 2.45) is 0 Å². The highest BCUT2D eigenvalue weighted by atomic mass is 32.1. The first kappa shape index (κ1) is 17.2. The molecule has 1 aliphatic rings. The molecule has 0 saturated heterocycles. The molecule has 1 saturated carbocycles. The maximum absolute atomic E-state index is 12.5. The Morgan fingerprint density at radius 1 is 1.31 bits per heavy atom. The highest BCUT2D eigenvalue weighted by Crippen LogP contribution is 2.31. The Morgan fingerprint density at radius 3 is 2.92 bits per heavy atom. The topological polar surface area (TPSA) is 64.2 Å². The van der Waals surface area contributed by atoms with Crippen LogP contribution in [0.2, 0.25) is 0 Å². The molecule has 136 valence electrons. The lowest BCUT2D eigenvalue weighted by Crippen LogP contribution is -3.08. The van der Waals surface area contributed by atoms with Crippen LogP contribution >= 0.6 is 11.3 Å². The summed E-state index contributed by atoms with van der Waals surface area (Å²) in [5.74, 6) is 0.832. The van der Waals surface area contributed by atoms with Gasteiger partial charge in [-0.2, -0.15) is 5.10 Å². The zero-order valence-electron chi connectivity index (χ0n) is 14.9. The van der Waals surface area contributed by atoms with Gasteiger partial charge < -0.3 is 10.2 Å². The van der Waals surface area contributed by atoms with Gasteiger partial charge in [0.1, 0.15) is 17.4 Å². The van der Waals surface area contributed by atoms with Crippen LogP contribution in [0.3, 0.4) is 0 Å². The normalized spacial score (nSPS) is 16.2. The van der Waals surface area contributed by atoms with Crippen molar-refractivity contribution >= 4 is 33.3 Å². The highest BCUT2D eigenvalue weighted by molar-refractivity contribution is 7.18. The highest BCUT2D eigenvalue weighted by Gasteiger charge is 2.21. The van der Waals surface area contributed by atoms with Crippen molar-refractivity contribution in [1.82, 2.24) is 14.8 Å². The summed E-state index contributed by atoms with van der Waals surface area (Å²) in [4.78, 5) is 18.2. The molecule has 3 aromatic rings. The van der Waals surface area contributed by atoms with Crippen LogP contribution in [0.5, 0.6) is 0 Å². The van der Waals surface area contributed by atoms with E-state index in [1.54, 1.807) is 17.5 Å². The van der Waals surface area contributed by atoms with E-state index in [2.05, 4.69) is 21.5 Å². The first-order chi connectivity index (χ1) is 12.7. The van der Waals surface area contributed by atoms with Crippen LogP contribution < -0.4 is 10.2 Å². The summed E-state index contributed by atoms with van der Waals surface area (Å²) in [7, 11) is 2.03. The summed E-state index contributed by atoms with van der Waals surface area (Å²) in [6.07, 6.45) is 6.55. The van der Waals surface area contributed by atoms with E-state index in [9.17, 15) is 4.79 Å². The van der Waals surface area contributed by atoms with Crippen LogP contribution in [0.4, 0.5) is 5.82 Å². The maximum Gasteiger partial charge on any atom is 0.280 e. The number of aromatic nitrogens is 3. The fourth-order valence-electron chi connectivity index (χ4n) is 3.63. The van der Waals surface area contributed by atoms with Crippen LogP contribution in [0.1, 0.15) is 36.7 Å². The Morgan fingerprint density at radius 2 is 2.12 bits per heavy atom. The van der Waals surface area contributed by atoms with Crippen molar-refractivity contribution in [3.05, 3.63) is 41.5 Å². The lowest BCUT2D eigenvalue weighted by atomic mass is 10.2. The van der Waals surface area contributed by atoms with E-state index in [1.807, 2.05) is 36.0 Å². The smallest absolute Gasteiger partial charge is 0.280 e. The number of para-hydroxylation sites is 1. The van der Waals surface area contributed by atoms with Crippen LogP contribution in [-0.2, 0) is 11.3 Å². The van der Waals surface area contributed by atoms with E-state index in [4.69, 9.17) is 0 Å². The Labute approximate surface area is 156 Å². The third-order valence-corrected chi connectivity index (χ3v) is 5.90. The average Bonchev–Trinajstić information content (AvgIpc) is 3.33. The number of hydrogen-bond acceptors (Lipinski definition) is 4. The monoisotopic (exact) mass is 370 g/mol. The molecular formula is C19H24N5OS+. The molecule has 0 bridgehead atoms.